The van der Waals surface area contributed by atoms with Crippen LogP contribution in [0, 0.1) is 0 Å². The lowest BCUT2D eigenvalue weighted by Gasteiger charge is -1.76. The highest BCUT2D eigenvalue weighted by atomic mass is 32.1. The van der Waals surface area contributed by atoms with Gasteiger partial charge in [0.15, 0.2) is 0 Å². The van der Waals surface area contributed by atoms with E-state index in [-0.39, 0.29) is 9.68 Å². The molecule has 0 aliphatic rings. The Kier molecular flexibility index (Phi) is 4.49. The highest BCUT2D eigenvalue weighted by Crippen LogP contribution is 1.53. The summed E-state index contributed by atoms with van der Waals surface area (Å²) in [7, 11) is -0.190. The van der Waals surface area contributed by atoms with Crippen LogP contribution in [-0.2, 0) is 0 Å². The van der Waals surface area contributed by atoms with Crippen molar-refractivity contribution >= 4 is 22.5 Å². The standard InChI is InChI=1S/C2H7NSSi/c1-2-5-3-4/h2-4H,1,5H2. The SMILES string of the molecule is C=C[SiH2]NS. The largest absolute Gasteiger partial charge is 0.289 e. The van der Waals surface area contributed by atoms with Crippen LogP contribution >= 0.6 is 12.8 Å². The van der Waals surface area contributed by atoms with Gasteiger partial charge in [-0.1, -0.05) is 5.70 Å². The summed E-state index contributed by atoms with van der Waals surface area (Å²) in [4.78, 5) is 0. The molecule has 0 aromatic carbocycles. The number of nitrogens with one attached hydrogen (secondary N) is 1. The zero-order valence-electron chi connectivity index (χ0n) is 2.94. The van der Waals surface area contributed by atoms with Gasteiger partial charge in [-0.15, -0.1) is 19.4 Å². The van der Waals surface area contributed by atoms with Gasteiger partial charge in [-0.2, -0.15) is 0 Å². The Bertz CT molecular complexity index is 30.8. The molecule has 3 heteroatoms. The second-order valence-corrected chi connectivity index (χ2v) is 2.90. The minimum atomic E-state index is -0.190. The summed E-state index contributed by atoms with van der Waals surface area (Å²) in [5, 5.41) is 0. The second kappa shape index (κ2) is 4.27. The van der Waals surface area contributed by atoms with Gasteiger partial charge in [-0.05, 0) is 0 Å². The fourth-order valence-electron chi connectivity index (χ4n) is 0.0645. The van der Waals surface area contributed by atoms with Crippen LogP contribution in [0.5, 0.6) is 0 Å². The van der Waals surface area contributed by atoms with Crippen LogP contribution in [0.1, 0.15) is 0 Å². The predicted octanol–water partition coefficient (Wildman–Crippen LogP) is -0.352. The second-order valence-electron chi connectivity index (χ2n) is 0.651. The Morgan fingerprint density at radius 1 is 2.00 bits per heavy atom. The van der Waals surface area contributed by atoms with Gasteiger partial charge in [0.05, 0.1) is 0 Å². The molecule has 0 saturated carbocycles. The number of rotatable bonds is 2. The molecule has 0 saturated heterocycles. The van der Waals surface area contributed by atoms with Gasteiger partial charge in [0.2, 0.25) is 0 Å². The molecule has 0 aromatic rings. The van der Waals surface area contributed by atoms with Gasteiger partial charge < -0.3 is 0 Å². The maximum Gasteiger partial charge on any atom is 0.127 e. The highest BCUT2D eigenvalue weighted by Gasteiger charge is 1.61. The number of thiol groups is 1. The average molecular weight is 105 g/mol. The molecule has 0 aliphatic heterocycles. The van der Waals surface area contributed by atoms with Gasteiger partial charge in [0.25, 0.3) is 0 Å². The summed E-state index contributed by atoms with van der Waals surface area (Å²) in [5.74, 6) is 0. The Balaban J connectivity index is 2.40. The third-order valence-corrected chi connectivity index (χ3v) is 1.25. The van der Waals surface area contributed by atoms with E-state index < -0.39 is 0 Å². The Hall–Kier alpha value is 0.267. The monoisotopic (exact) mass is 105 g/mol. The first-order valence-corrected chi connectivity index (χ1v) is 3.36. The summed E-state index contributed by atoms with van der Waals surface area (Å²) in [5.41, 5.74) is 1.88. The summed E-state index contributed by atoms with van der Waals surface area (Å²) in [6.07, 6.45) is 0. The first-order valence-electron chi connectivity index (χ1n) is 1.39. The molecule has 0 amide bonds. The topological polar surface area (TPSA) is 12.0 Å². The minimum absolute atomic E-state index is 0.190. The highest BCUT2D eigenvalue weighted by molar-refractivity contribution is 7.79. The van der Waals surface area contributed by atoms with E-state index >= 15 is 0 Å². The first kappa shape index (κ1) is 5.27. The smallest absolute Gasteiger partial charge is 0.127 e. The average Bonchev–Trinajstić information content (AvgIpc) is 1.41. The molecule has 0 atom stereocenters. The molecule has 0 unspecified atom stereocenters. The molecule has 0 bridgehead atoms. The molecular formula is C2H7NSSi. The molecule has 30 valence electrons. The summed E-state index contributed by atoms with van der Waals surface area (Å²) < 4.78 is 2.73. The minimum Gasteiger partial charge on any atom is -0.289 e. The molecule has 1 nitrogen and oxygen atoms in total. The summed E-state index contributed by atoms with van der Waals surface area (Å²) >= 11 is 3.74. The van der Waals surface area contributed by atoms with Crippen molar-refractivity contribution < 1.29 is 0 Å². The van der Waals surface area contributed by atoms with Gasteiger partial charge in [0.1, 0.15) is 9.68 Å². The zero-order valence-corrected chi connectivity index (χ0v) is 5.25. The number of hydrogen-bond acceptors (Lipinski definition) is 2. The summed E-state index contributed by atoms with van der Waals surface area (Å²) in [6.45, 7) is 3.50. The van der Waals surface area contributed by atoms with Gasteiger partial charge >= 0.3 is 0 Å². The maximum absolute atomic E-state index is 3.74. The van der Waals surface area contributed by atoms with E-state index in [0.29, 0.717) is 0 Å². The van der Waals surface area contributed by atoms with E-state index in [1.165, 1.54) is 0 Å². The zero-order chi connectivity index (χ0) is 4.12. The number of hydrogen-bond donors (Lipinski definition) is 2. The quantitative estimate of drug-likeness (QED) is 0.361. The predicted molar refractivity (Wildman–Crippen MR) is 30.9 cm³/mol. The molecule has 0 heterocycles. The lowest BCUT2D eigenvalue weighted by atomic mass is 11.3. The maximum atomic E-state index is 3.74. The van der Waals surface area contributed by atoms with Gasteiger partial charge in [-0.25, -0.2) is 0 Å². The van der Waals surface area contributed by atoms with E-state index in [0.717, 1.165) is 0 Å². The first-order chi connectivity index (χ1) is 2.41. The molecule has 0 radical (unpaired) electrons. The van der Waals surface area contributed by atoms with E-state index in [2.05, 4.69) is 23.8 Å². The molecular weight excluding hydrogens is 98.2 g/mol. The van der Waals surface area contributed by atoms with Crippen molar-refractivity contribution in [1.82, 2.24) is 4.39 Å². The van der Waals surface area contributed by atoms with Crippen LogP contribution in [0.3, 0.4) is 0 Å². The molecule has 5 heavy (non-hydrogen) atoms. The van der Waals surface area contributed by atoms with Crippen LogP contribution in [0.25, 0.3) is 0 Å². The molecule has 0 spiro atoms. The van der Waals surface area contributed by atoms with E-state index in [1.54, 1.807) is 0 Å². The molecule has 0 fully saturated rings. The Labute approximate surface area is 39.9 Å². The normalized spacial score (nSPS) is 9.80. The van der Waals surface area contributed by atoms with Crippen LogP contribution in [0.15, 0.2) is 12.3 Å². The van der Waals surface area contributed by atoms with Gasteiger partial charge in [-0.3, -0.25) is 4.39 Å². The van der Waals surface area contributed by atoms with Crippen molar-refractivity contribution in [2.24, 2.45) is 0 Å². The Morgan fingerprint density at radius 3 is 2.60 bits per heavy atom. The third kappa shape index (κ3) is 4.27. The van der Waals surface area contributed by atoms with Crippen molar-refractivity contribution in [1.29, 1.82) is 0 Å². The van der Waals surface area contributed by atoms with Crippen molar-refractivity contribution in [2.75, 3.05) is 0 Å². The summed E-state index contributed by atoms with van der Waals surface area (Å²) in [6, 6.07) is 0. The molecule has 1 N–H and O–H groups in total. The lowest BCUT2D eigenvalue weighted by Crippen LogP contribution is -2.00. The van der Waals surface area contributed by atoms with E-state index in [4.69, 9.17) is 0 Å². The Morgan fingerprint density at radius 2 is 2.60 bits per heavy atom. The van der Waals surface area contributed by atoms with E-state index in [1.807, 2.05) is 5.70 Å². The van der Waals surface area contributed by atoms with Gasteiger partial charge in [0, 0.05) is 0 Å². The molecule has 0 rings (SSSR count). The van der Waals surface area contributed by atoms with Crippen molar-refractivity contribution in [3.05, 3.63) is 12.3 Å². The lowest BCUT2D eigenvalue weighted by molar-refractivity contribution is 1.71. The molecule has 0 aromatic heterocycles. The van der Waals surface area contributed by atoms with Crippen LogP contribution in [0.2, 0.25) is 0 Å². The van der Waals surface area contributed by atoms with Crippen molar-refractivity contribution in [3.63, 3.8) is 0 Å². The van der Waals surface area contributed by atoms with Crippen LogP contribution in [0.4, 0.5) is 0 Å². The van der Waals surface area contributed by atoms with Crippen molar-refractivity contribution in [3.8, 4) is 0 Å². The third-order valence-electron chi connectivity index (χ3n) is 0.236. The van der Waals surface area contributed by atoms with Crippen LogP contribution < -0.4 is 4.39 Å². The van der Waals surface area contributed by atoms with Crippen molar-refractivity contribution in [2.45, 2.75) is 0 Å². The fourth-order valence-corrected chi connectivity index (χ4v) is 0.581. The fraction of sp³-hybridized carbons (Fsp3) is 0. The van der Waals surface area contributed by atoms with E-state index in [9.17, 15) is 0 Å². The molecule has 0 aliphatic carbocycles. The van der Waals surface area contributed by atoms with Crippen LogP contribution in [-0.4, -0.2) is 9.68 Å².